The lowest BCUT2D eigenvalue weighted by atomic mass is 10.1. The van der Waals surface area contributed by atoms with Crippen LogP contribution in [0.4, 0.5) is 0 Å². The first-order valence-corrected chi connectivity index (χ1v) is 5.68. The zero-order chi connectivity index (χ0) is 12.3. The van der Waals surface area contributed by atoms with Gasteiger partial charge in [0.2, 0.25) is 0 Å². The van der Waals surface area contributed by atoms with Gasteiger partial charge in [-0.2, -0.15) is 0 Å². The van der Waals surface area contributed by atoms with Gasteiger partial charge in [0.15, 0.2) is 0 Å². The number of ether oxygens (including phenoxy) is 1. The highest BCUT2D eigenvalue weighted by atomic mass is 16.5. The average molecular weight is 228 g/mol. The number of rotatable bonds is 3. The molecule has 0 radical (unpaired) electrons. The summed E-state index contributed by atoms with van der Waals surface area (Å²) < 4.78 is 5.71. The number of hydrogen-bond donors (Lipinski definition) is 1. The molecule has 0 aliphatic rings. The Kier molecular flexibility index (Phi) is 3.45. The van der Waals surface area contributed by atoms with E-state index in [9.17, 15) is 5.11 Å². The van der Waals surface area contributed by atoms with Crippen LogP contribution >= 0.6 is 0 Å². The molecule has 0 aliphatic carbocycles. The van der Waals surface area contributed by atoms with E-state index in [-0.39, 0.29) is 0 Å². The van der Waals surface area contributed by atoms with Crippen LogP contribution in [0.25, 0.3) is 0 Å². The summed E-state index contributed by atoms with van der Waals surface area (Å²) in [7, 11) is 0. The molecule has 88 valence electrons. The van der Waals surface area contributed by atoms with E-state index in [2.05, 4.69) is 0 Å². The number of aliphatic hydroxyl groups is 1. The molecule has 2 nitrogen and oxygen atoms in total. The molecule has 2 aromatic rings. The Bertz CT molecular complexity index is 487. The molecule has 0 saturated heterocycles. The molecule has 0 aliphatic heterocycles. The molecule has 0 fully saturated rings. The van der Waals surface area contributed by atoms with Crippen LogP contribution in [0.2, 0.25) is 0 Å². The molecule has 0 spiro atoms. The zero-order valence-electron chi connectivity index (χ0n) is 10.1. The largest absolute Gasteiger partial charge is 0.457 e. The molecule has 0 amide bonds. The van der Waals surface area contributed by atoms with Gasteiger partial charge >= 0.3 is 0 Å². The predicted molar refractivity (Wildman–Crippen MR) is 68.3 cm³/mol. The maximum absolute atomic E-state index is 9.40. The molecular weight excluding hydrogens is 212 g/mol. The van der Waals surface area contributed by atoms with E-state index in [1.54, 1.807) is 6.92 Å². The first-order valence-electron chi connectivity index (χ1n) is 5.68. The maximum Gasteiger partial charge on any atom is 0.127 e. The Labute approximate surface area is 101 Å². The van der Waals surface area contributed by atoms with Crippen molar-refractivity contribution in [1.29, 1.82) is 0 Å². The van der Waals surface area contributed by atoms with Crippen LogP contribution in [-0.4, -0.2) is 5.11 Å². The minimum absolute atomic E-state index is 0.442. The number of aliphatic hydroxyl groups excluding tert-OH is 1. The van der Waals surface area contributed by atoms with Crippen molar-refractivity contribution < 1.29 is 9.84 Å². The molecule has 0 bridgehead atoms. The number of benzene rings is 2. The number of aryl methyl sites for hydroxylation is 1. The summed E-state index contributed by atoms with van der Waals surface area (Å²) in [6.07, 6.45) is -0.442. The molecule has 0 saturated carbocycles. The highest BCUT2D eigenvalue weighted by molar-refractivity contribution is 5.35. The van der Waals surface area contributed by atoms with E-state index in [1.165, 1.54) is 5.56 Å². The van der Waals surface area contributed by atoms with Gasteiger partial charge in [0.25, 0.3) is 0 Å². The molecular formula is C15H16O2. The molecule has 2 aromatic carbocycles. The average Bonchev–Trinajstić information content (AvgIpc) is 2.29. The van der Waals surface area contributed by atoms with Crippen LogP contribution in [0.1, 0.15) is 24.2 Å². The molecule has 1 N–H and O–H groups in total. The molecule has 0 heterocycles. The minimum atomic E-state index is -0.442. The van der Waals surface area contributed by atoms with Gasteiger partial charge in [0.1, 0.15) is 11.5 Å². The summed E-state index contributed by atoms with van der Waals surface area (Å²) in [5, 5.41) is 9.40. The summed E-state index contributed by atoms with van der Waals surface area (Å²) in [4.78, 5) is 0. The smallest absolute Gasteiger partial charge is 0.127 e. The Morgan fingerprint density at radius 3 is 2.29 bits per heavy atom. The van der Waals surface area contributed by atoms with E-state index in [0.29, 0.717) is 0 Å². The van der Waals surface area contributed by atoms with Gasteiger partial charge in [0.05, 0.1) is 6.10 Å². The van der Waals surface area contributed by atoms with Gasteiger partial charge in [-0.15, -0.1) is 0 Å². The fourth-order valence-electron chi connectivity index (χ4n) is 1.63. The Hall–Kier alpha value is -1.80. The monoisotopic (exact) mass is 228 g/mol. The van der Waals surface area contributed by atoms with E-state index in [4.69, 9.17) is 4.74 Å². The third-order valence-electron chi connectivity index (χ3n) is 2.59. The van der Waals surface area contributed by atoms with E-state index in [1.807, 2.05) is 55.5 Å². The second-order valence-electron chi connectivity index (χ2n) is 4.16. The SMILES string of the molecule is Cc1cccc(Oc2ccc([C@@H](C)O)cc2)c1. The van der Waals surface area contributed by atoms with Crippen LogP contribution in [-0.2, 0) is 0 Å². The summed E-state index contributed by atoms with van der Waals surface area (Å²) in [5.41, 5.74) is 2.06. The molecule has 1 atom stereocenters. The fourth-order valence-corrected chi connectivity index (χ4v) is 1.63. The third kappa shape index (κ3) is 3.08. The van der Waals surface area contributed by atoms with Gasteiger partial charge in [-0.25, -0.2) is 0 Å². The normalized spacial score (nSPS) is 12.2. The summed E-state index contributed by atoms with van der Waals surface area (Å²) >= 11 is 0. The van der Waals surface area contributed by atoms with Crippen molar-refractivity contribution >= 4 is 0 Å². The van der Waals surface area contributed by atoms with Crippen molar-refractivity contribution in [2.45, 2.75) is 20.0 Å². The highest BCUT2D eigenvalue weighted by Gasteiger charge is 2.01. The second kappa shape index (κ2) is 5.02. The van der Waals surface area contributed by atoms with Crippen molar-refractivity contribution in [3.05, 3.63) is 59.7 Å². The van der Waals surface area contributed by atoms with Crippen molar-refractivity contribution in [3.8, 4) is 11.5 Å². The van der Waals surface area contributed by atoms with Crippen molar-refractivity contribution in [2.75, 3.05) is 0 Å². The number of hydrogen-bond acceptors (Lipinski definition) is 2. The highest BCUT2D eigenvalue weighted by Crippen LogP contribution is 2.23. The van der Waals surface area contributed by atoms with E-state index < -0.39 is 6.10 Å². The molecule has 2 heteroatoms. The van der Waals surface area contributed by atoms with Gasteiger partial charge in [0, 0.05) is 0 Å². The second-order valence-corrected chi connectivity index (χ2v) is 4.16. The Morgan fingerprint density at radius 2 is 1.71 bits per heavy atom. The fraction of sp³-hybridized carbons (Fsp3) is 0.200. The van der Waals surface area contributed by atoms with Crippen LogP contribution in [0.5, 0.6) is 11.5 Å². The standard InChI is InChI=1S/C15H16O2/c1-11-4-3-5-15(10-11)17-14-8-6-13(7-9-14)12(2)16/h3-10,12,16H,1-2H3/t12-/m1/s1. The van der Waals surface area contributed by atoms with Crippen molar-refractivity contribution in [2.24, 2.45) is 0 Å². The van der Waals surface area contributed by atoms with Gasteiger partial charge in [-0.3, -0.25) is 0 Å². The lowest BCUT2D eigenvalue weighted by Gasteiger charge is -2.08. The molecule has 2 rings (SSSR count). The van der Waals surface area contributed by atoms with Crippen molar-refractivity contribution in [3.63, 3.8) is 0 Å². The van der Waals surface area contributed by atoms with Crippen LogP contribution < -0.4 is 4.74 Å². The predicted octanol–water partition coefficient (Wildman–Crippen LogP) is 3.84. The third-order valence-corrected chi connectivity index (χ3v) is 2.59. The Morgan fingerprint density at radius 1 is 1.00 bits per heavy atom. The quantitative estimate of drug-likeness (QED) is 0.864. The van der Waals surface area contributed by atoms with E-state index >= 15 is 0 Å². The van der Waals surface area contributed by atoms with Crippen molar-refractivity contribution in [1.82, 2.24) is 0 Å². The lowest BCUT2D eigenvalue weighted by molar-refractivity contribution is 0.199. The molecule has 0 unspecified atom stereocenters. The van der Waals surface area contributed by atoms with Gasteiger partial charge < -0.3 is 9.84 Å². The summed E-state index contributed by atoms with van der Waals surface area (Å²) in [5.74, 6) is 1.61. The topological polar surface area (TPSA) is 29.5 Å². The molecule has 0 aromatic heterocycles. The Balaban J connectivity index is 2.14. The van der Waals surface area contributed by atoms with E-state index in [0.717, 1.165) is 17.1 Å². The maximum atomic E-state index is 9.40. The van der Waals surface area contributed by atoms with Gasteiger partial charge in [-0.05, 0) is 49.2 Å². The minimum Gasteiger partial charge on any atom is -0.457 e. The lowest BCUT2D eigenvalue weighted by Crippen LogP contribution is -1.90. The first kappa shape index (κ1) is 11.7. The summed E-state index contributed by atoms with van der Waals surface area (Å²) in [6, 6.07) is 15.4. The van der Waals surface area contributed by atoms with Crippen LogP contribution in [0.3, 0.4) is 0 Å². The van der Waals surface area contributed by atoms with Crippen LogP contribution in [0.15, 0.2) is 48.5 Å². The van der Waals surface area contributed by atoms with Gasteiger partial charge in [-0.1, -0.05) is 24.3 Å². The summed E-state index contributed by atoms with van der Waals surface area (Å²) in [6.45, 7) is 3.78. The first-order chi connectivity index (χ1) is 8.15. The molecule has 17 heavy (non-hydrogen) atoms. The van der Waals surface area contributed by atoms with Crippen LogP contribution in [0, 0.1) is 6.92 Å². The zero-order valence-corrected chi connectivity index (χ0v) is 10.1.